The van der Waals surface area contributed by atoms with Gasteiger partial charge in [0.2, 0.25) is 5.82 Å². The molecule has 20 heavy (non-hydrogen) atoms. The molecule has 0 amide bonds. The van der Waals surface area contributed by atoms with Gasteiger partial charge in [-0.05, 0) is 13.0 Å². The summed E-state index contributed by atoms with van der Waals surface area (Å²) in [7, 11) is 0. The van der Waals surface area contributed by atoms with Crippen molar-refractivity contribution in [3.63, 3.8) is 0 Å². The molecule has 8 heteroatoms. The van der Waals surface area contributed by atoms with Gasteiger partial charge in [0.1, 0.15) is 5.82 Å². The average Bonchev–Trinajstić information content (AvgIpc) is 2.92. The third kappa shape index (κ3) is 3.64. The first-order valence-corrected chi connectivity index (χ1v) is 7.15. The maximum Gasteiger partial charge on any atom is 0.311 e. The highest BCUT2D eigenvalue weighted by atomic mass is 32.1. The van der Waals surface area contributed by atoms with Gasteiger partial charge in [-0.15, -0.1) is 11.3 Å². The van der Waals surface area contributed by atoms with Crippen LogP contribution in [-0.4, -0.2) is 28.0 Å². The molecule has 0 aliphatic heterocycles. The van der Waals surface area contributed by atoms with Gasteiger partial charge in [0.05, 0.1) is 16.1 Å². The number of hydrogen-bond donors (Lipinski definition) is 2. The minimum Gasteiger partial charge on any atom is -0.370 e. The molecule has 2 aromatic rings. The summed E-state index contributed by atoms with van der Waals surface area (Å²) in [6, 6.07) is 3.06. The smallest absolute Gasteiger partial charge is 0.311 e. The summed E-state index contributed by atoms with van der Waals surface area (Å²) in [5, 5.41) is 19.0. The molecule has 106 valence electrons. The maximum atomic E-state index is 11.0. The van der Waals surface area contributed by atoms with Crippen molar-refractivity contribution in [2.45, 2.75) is 13.3 Å². The number of aromatic nitrogens is 2. The van der Waals surface area contributed by atoms with Crippen molar-refractivity contribution in [3.8, 4) is 0 Å². The molecule has 2 heterocycles. The topological polar surface area (TPSA) is 93.0 Å². The first-order chi connectivity index (χ1) is 9.70. The highest BCUT2D eigenvalue weighted by Gasteiger charge is 2.15. The van der Waals surface area contributed by atoms with Crippen LogP contribution < -0.4 is 10.6 Å². The summed E-state index contributed by atoms with van der Waals surface area (Å²) in [6.45, 7) is 3.20. The number of nitro groups is 1. The SMILES string of the molecule is CCNc1ccc([N+](=O)[O-])c(NCCc2cscn2)n1. The number of thiazole rings is 1. The second-order valence-electron chi connectivity index (χ2n) is 4.01. The first kappa shape index (κ1) is 14.2. The molecule has 0 radical (unpaired) electrons. The number of hydrogen-bond acceptors (Lipinski definition) is 7. The molecule has 0 aliphatic carbocycles. The molecular formula is C12H15N5O2S. The highest BCUT2D eigenvalue weighted by molar-refractivity contribution is 7.07. The molecule has 0 spiro atoms. The lowest BCUT2D eigenvalue weighted by Crippen LogP contribution is -2.10. The summed E-state index contributed by atoms with van der Waals surface area (Å²) in [5.74, 6) is 0.901. The Bertz CT molecular complexity index is 573. The van der Waals surface area contributed by atoms with Crippen LogP contribution in [0.25, 0.3) is 0 Å². The summed E-state index contributed by atoms with van der Waals surface area (Å²) in [6.07, 6.45) is 0.702. The van der Waals surface area contributed by atoms with E-state index in [0.29, 0.717) is 25.3 Å². The zero-order chi connectivity index (χ0) is 14.4. The molecule has 0 fully saturated rings. The van der Waals surface area contributed by atoms with Crippen molar-refractivity contribution in [2.24, 2.45) is 0 Å². The maximum absolute atomic E-state index is 11.0. The Morgan fingerprint density at radius 1 is 1.40 bits per heavy atom. The second-order valence-corrected chi connectivity index (χ2v) is 4.73. The van der Waals surface area contributed by atoms with Crippen molar-refractivity contribution in [3.05, 3.63) is 38.8 Å². The van der Waals surface area contributed by atoms with E-state index in [9.17, 15) is 10.1 Å². The Morgan fingerprint density at radius 2 is 2.25 bits per heavy atom. The van der Waals surface area contributed by atoms with Gasteiger partial charge < -0.3 is 10.6 Å². The monoisotopic (exact) mass is 293 g/mol. The molecule has 0 saturated heterocycles. The molecule has 2 aromatic heterocycles. The van der Waals surface area contributed by atoms with Gasteiger partial charge in [0.15, 0.2) is 0 Å². The number of nitrogens with one attached hydrogen (secondary N) is 2. The summed E-state index contributed by atoms with van der Waals surface area (Å²) in [5.41, 5.74) is 2.71. The Morgan fingerprint density at radius 3 is 2.90 bits per heavy atom. The number of anilines is 2. The largest absolute Gasteiger partial charge is 0.370 e. The van der Waals surface area contributed by atoms with Crippen molar-refractivity contribution in [1.29, 1.82) is 0 Å². The molecule has 0 unspecified atom stereocenters. The number of nitrogens with zero attached hydrogens (tertiary/aromatic N) is 3. The van der Waals surface area contributed by atoms with Crippen LogP contribution in [0.4, 0.5) is 17.3 Å². The van der Waals surface area contributed by atoms with Crippen LogP contribution in [0.3, 0.4) is 0 Å². The lowest BCUT2D eigenvalue weighted by Gasteiger charge is -2.08. The van der Waals surface area contributed by atoms with Gasteiger partial charge in [-0.1, -0.05) is 0 Å². The first-order valence-electron chi connectivity index (χ1n) is 6.21. The summed E-state index contributed by atoms with van der Waals surface area (Å²) in [4.78, 5) is 18.9. The van der Waals surface area contributed by atoms with Gasteiger partial charge in [-0.3, -0.25) is 10.1 Å². The van der Waals surface area contributed by atoms with Crippen molar-refractivity contribution in [2.75, 3.05) is 23.7 Å². The molecular weight excluding hydrogens is 278 g/mol. The molecule has 2 rings (SSSR count). The fourth-order valence-corrected chi connectivity index (χ4v) is 2.27. The standard InChI is InChI=1S/C12H15N5O2S/c1-2-13-11-4-3-10(17(18)19)12(16-11)14-6-5-9-7-20-8-15-9/h3-4,7-8H,2,5-6H2,1H3,(H2,13,14,16). The van der Waals surface area contributed by atoms with E-state index in [1.807, 2.05) is 12.3 Å². The van der Waals surface area contributed by atoms with E-state index in [1.165, 1.54) is 17.4 Å². The Labute approximate surface area is 120 Å². The molecule has 2 N–H and O–H groups in total. The van der Waals surface area contributed by atoms with Crippen LogP contribution in [-0.2, 0) is 6.42 Å². The van der Waals surface area contributed by atoms with Gasteiger partial charge in [0, 0.05) is 31.0 Å². The van der Waals surface area contributed by atoms with Gasteiger partial charge in [0.25, 0.3) is 0 Å². The predicted molar refractivity (Wildman–Crippen MR) is 79.4 cm³/mol. The zero-order valence-corrected chi connectivity index (χ0v) is 11.8. The van der Waals surface area contributed by atoms with Crippen LogP contribution in [0, 0.1) is 10.1 Å². The van der Waals surface area contributed by atoms with E-state index in [4.69, 9.17) is 0 Å². The van der Waals surface area contributed by atoms with Crippen molar-refractivity contribution >= 4 is 28.7 Å². The fraction of sp³-hybridized carbons (Fsp3) is 0.333. The summed E-state index contributed by atoms with van der Waals surface area (Å²) >= 11 is 1.53. The normalized spacial score (nSPS) is 10.2. The van der Waals surface area contributed by atoms with Crippen LogP contribution >= 0.6 is 11.3 Å². The van der Waals surface area contributed by atoms with Crippen LogP contribution in [0.2, 0.25) is 0 Å². The van der Waals surface area contributed by atoms with Crippen LogP contribution in [0.1, 0.15) is 12.6 Å². The van der Waals surface area contributed by atoms with E-state index >= 15 is 0 Å². The highest BCUT2D eigenvalue weighted by Crippen LogP contribution is 2.23. The molecule has 0 aliphatic rings. The van der Waals surface area contributed by atoms with Gasteiger partial charge in [-0.2, -0.15) is 0 Å². The van der Waals surface area contributed by atoms with Gasteiger partial charge >= 0.3 is 5.69 Å². The van der Waals surface area contributed by atoms with E-state index < -0.39 is 4.92 Å². The van der Waals surface area contributed by atoms with E-state index in [0.717, 1.165) is 5.69 Å². The molecule has 7 nitrogen and oxygen atoms in total. The van der Waals surface area contributed by atoms with E-state index in [1.54, 1.807) is 11.6 Å². The molecule has 0 atom stereocenters. The third-order valence-corrected chi connectivity index (χ3v) is 3.22. The lowest BCUT2D eigenvalue weighted by molar-refractivity contribution is -0.384. The number of pyridine rings is 1. The predicted octanol–water partition coefficient (Wildman–Crippen LogP) is 2.53. The Balaban J connectivity index is 2.06. The van der Waals surface area contributed by atoms with Crippen molar-refractivity contribution < 1.29 is 4.92 Å². The number of rotatable bonds is 7. The minimum atomic E-state index is -0.437. The Kier molecular flexibility index (Phi) is 4.83. The van der Waals surface area contributed by atoms with Crippen LogP contribution in [0.5, 0.6) is 0 Å². The summed E-state index contributed by atoms with van der Waals surface area (Å²) < 4.78 is 0. The molecule has 0 aromatic carbocycles. The third-order valence-electron chi connectivity index (χ3n) is 2.59. The van der Waals surface area contributed by atoms with Gasteiger partial charge in [-0.25, -0.2) is 9.97 Å². The fourth-order valence-electron chi connectivity index (χ4n) is 1.68. The minimum absolute atomic E-state index is 0.0232. The van der Waals surface area contributed by atoms with E-state index in [2.05, 4.69) is 20.6 Å². The average molecular weight is 293 g/mol. The second kappa shape index (κ2) is 6.80. The van der Waals surface area contributed by atoms with E-state index in [-0.39, 0.29) is 11.5 Å². The Hall–Kier alpha value is -2.22. The molecule has 0 saturated carbocycles. The quantitative estimate of drug-likeness (QED) is 0.602. The van der Waals surface area contributed by atoms with Crippen molar-refractivity contribution in [1.82, 2.24) is 9.97 Å². The molecule has 0 bridgehead atoms. The van der Waals surface area contributed by atoms with Crippen LogP contribution in [0.15, 0.2) is 23.0 Å². The zero-order valence-electron chi connectivity index (χ0n) is 11.0. The lowest BCUT2D eigenvalue weighted by atomic mass is 10.3.